The predicted molar refractivity (Wildman–Crippen MR) is 94.0 cm³/mol. The Morgan fingerprint density at radius 1 is 1.09 bits per heavy atom. The van der Waals surface area contributed by atoms with Crippen LogP contribution in [0.1, 0.15) is 25.7 Å². The number of aromatic nitrogens is 2. The SMILES string of the molecule is COc1ccc(Nc2cc(N3CCCCCC3)ncn2)cc1Cl. The van der Waals surface area contributed by atoms with Crippen molar-refractivity contribution in [2.45, 2.75) is 25.7 Å². The molecular formula is C17H21ClN4O. The van der Waals surface area contributed by atoms with Crippen molar-refractivity contribution in [2.24, 2.45) is 0 Å². The maximum Gasteiger partial charge on any atom is 0.137 e. The summed E-state index contributed by atoms with van der Waals surface area (Å²) in [5.74, 6) is 2.40. The number of ether oxygens (including phenoxy) is 1. The second kappa shape index (κ2) is 7.51. The molecule has 0 spiro atoms. The second-order valence-corrected chi connectivity index (χ2v) is 6.04. The molecule has 0 amide bonds. The maximum atomic E-state index is 6.16. The van der Waals surface area contributed by atoms with E-state index in [1.54, 1.807) is 13.4 Å². The molecule has 2 heterocycles. The van der Waals surface area contributed by atoms with Crippen molar-refractivity contribution in [1.29, 1.82) is 0 Å². The lowest BCUT2D eigenvalue weighted by Gasteiger charge is -2.21. The van der Waals surface area contributed by atoms with Crippen molar-refractivity contribution in [1.82, 2.24) is 9.97 Å². The molecule has 1 fully saturated rings. The van der Waals surface area contributed by atoms with E-state index in [1.165, 1.54) is 25.7 Å². The van der Waals surface area contributed by atoms with Gasteiger partial charge >= 0.3 is 0 Å². The van der Waals surface area contributed by atoms with Crippen LogP contribution in [-0.4, -0.2) is 30.2 Å². The first-order chi connectivity index (χ1) is 11.3. The number of hydrogen-bond donors (Lipinski definition) is 1. The molecule has 0 unspecified atom stereocenters. The minimum Gasteiger partial charge on any atom is -0.495 e. The number of rotatable bonds is 4. The Bertz CT molecular complexity index is 657. The lowest BCUT2D eigenvalue weighted by molar-refractivity contribution is 0.415. The number of nitrogens with zero attached hydrogens (tertiary/aromatic N) is 3. The molecule has 1 aromatic heterocycles. The van der Waals surface area contributed by atoms with Gasteiger partial charge < -0.3 is 15.0 Å². The average Bonchev–Trinajstić information content (AvgIpc) is 2.85. The first-order valence-electron chi connectivity index (χ1n) is 7.94. The molecule has 0 bridgehead atoms. The van der Waals surface area contributed by atoms with Crippen molar-refractivity contribution < 1.29 is 4.74 Å². The topological polar surface area (TPSA) is 50.3 Å². The first kappa shape index (κ1) is 15.9. The zero-order valence-electron chi connectivity index (χ0n) is 13.3. The number of halogens is 1. The zero-order valence-corrected chi connectivity index (χ0v) is 14.0. The molecule has 3 rings (SSSR count). The highest BCUT2D eigenvalue weighted by molar-refractivity contribution is 6.32. The van der Waals surface area contributed by atoms with Crippen LogP contribution in [0, 0.1) is 0 Å². The van der Waals surface area contributed by atoms with Gasteiger partial charge in [-0.3, -0.25) is 0 Å². The highest BCUT2D eigenvalue weighted by Crippen LogP contribution is 2.29. The Kier molecular flexibility index (Phi) is 5.18. The van der Waals surface area contributed by atoms with Gasteiger partial charge in [-0.25, -0.2) is 9.97 Å². The van der Waals surface area contributed by atoms with Crippen LogP contribution in [0.4, 0.5) is 17.3 Å². The summed E-state index contributed by atoms with van der Waals surface area (Å²) in [5, 5.41) is 3.84. The summed E-state index contributed by atoms with van der Waals surface area (Å²) in [7, 11) is 1.60. The normalized spacial score (nSPS) is 15.1. The summed E-state index contributed by atoms with van der Waals surface area (Å²) >= 11 is 6.16. The van der Waals surface area contributed by atoms with Crippen LogP contribution in [0.25, 0.3) is 0 Å². The van der Waals surface area contributed by atoms with Crippen LogP contribution >= 0.6 is 11.6 Å². The molecule has 0 atom stereocenters. The van der Waals surface area contributed by atoms with Gasteiger partial charge in [0.2, 0.25) is 0 Å². The average molecular weight is 333 g/mol. The smallest absolute Gasteiger partial charge is 0.137 e. The van der Waals surface area contributed by atoms with Crippen molar-refractivity contribution in [3.8, 4) is 5.75 Å². The summed E-state index contributed by atoms with van der Waals surface area (Å²) < 4.78 is 5.17. The van der Waals surface area contributed by atoms with E-state index in [-0.39, 0.29) is 0 Å². The minimum absolute atomic E-state index is 0.569. The summed E-state index contributed by atoms with van der Waals surface area (Å²) in [6.07, 6.45) is 6.66. The molecular weight excluding hydrogens is 312 g/mol. The van der Waals surface area contributed by atoms with Gasteiger partial charge in [-0.1, -0.05) is 24.4 Å². The van der Waals surface area contributed by atoms with Gasteiger partial charge in [0.15, 0.2) is 0 Å². The molecule has 1 N–H and O–H groups in total. The van der Waals surface area contributed by atoms with Crippen LogP contribution in [0.2, 0.25) is 5.02 Å². The van der Waals surface area contributed by atoms with E-state index in [0.29, 0.717) is 10.8 Å². The van der Waals surface area contributed by atoms with Crippen molar-refractivity contribution in [3.05, 3.63) is 35.6 Å². The fraction of sp³-hybridized carbons (Fsp3) is 0.412. The molecule has 23 heavy (non-hydrogen) atoms. The number of methoxy groups -OCH3 is 1. The molecule has 1 aliphatic rings. The van der Waals surface area contributed by atoms with Gasteiger partial charge in [-0.05, 0) is 31.0 Å². The molecule has 1 aromatic carbocycles. The third kappa shape index (κ3) is 4.05. The number of benzene rings is 1. The summed E-state index contributed by atoms with van der Waals surface area (Å²) in [6.45, 7) is 2.12. The lowest BCUT2D eigenvalue weighted by Crippen LogP contribution is -2.25. The quantitative estimate of drug-likeness (QED) is 0.906. The fourth-order valence-electron chi connectivity index (χ4n) is 2.78. The van der Waals surface area contributed by atoms with E-state index in [9.17, 15) is 0 Å². The Hall–Kier alpha value is -2.01. The molecule has 0 saturated carbocycles. The van der Waals surface area contributed by atoms with E-state index < -0.39 is 0 Å². The van der Waals surface area contributed by atoms with Gasteiger partial charge in [0.05, 0.1) is 12.1 Å². The largest absolute Gasteiger partial charge is 0.495 e. The molecule has 122 valence electrons. The van der Waals surface area contributed by atoms with Crippen molar-refractivity contribution in [3.63, 3.8) is 0 Å². The number of anilines is 3. The van der Waals surface area contributed by atoms with Crippen LogP contribution in [0.15, 0.2) is 30.6 Å². The monoisotopic (exact) mass is 332 g/mol. The standard InChI is InChI=1S/C17H21ClN4O/c1-23-15-7-6-13(10-14(15)18)21-16-11-17(20-12-19-16)22-8-4-2-3-5-9-22/h6-7,10-12H,2-5,8-9H2,1H3,(H,19,20,21). The van der Waals surface area contributed by atoms with Crippen LogP contribution in [0.5, 0.6) is 5.75 Å². The predicted octanol–water partition coefficient (Wildman–Crippen LogP) is 4.26. The molecule has 0 aliphatic carbocycles. The van der Waals surface area contributed by atoms with E-state index in [4.69, 9.17) is 16.3 Å². The van der Waals surface area contributed by atoms with Gasteiger partial charge in [-0.15, -0.1) is 0 Å². The lowest BCUT2D eigenvalue weighted by atomic mass is 10.2. The minimum atomic E-state index is 0.569. The number of nitrogens with one attached hydrogen (secondary N) is 1. The van der Waals surface area contributed by atoms with Gasteiger partial charge in [0, 0.05) is 24.8 Å². The van der Waals surface area contributed by atoms with Crippen LogP contribution in [0.3, 0.4) is 0 Å². The first-order valence-corrected chi connectivity index (χ1v) is 8.31. The highest BCUT2D eigenvalue weighted by Gasteiger charge is 2.12. The highest BCUT2D eigenvalue weighted by atomic mass is 35.5. The third-order valence-corrected chi connectivity index (χ3v) is 4.30. The van der Waals surface area contributed by atoms with Crippen molar-refractivity contribution in [2.75, 3.05) is 30.4 Å². The Morgan fingerprint density at radius 3 is 2.57 bits per heavy atom. The van der Waals surface area contributed by atoms with Gasteiger partial charge in [-0.2, -0.15) is 0 Å². The van der Waals surface area contributed by atoms with E-state index in [2.05, 4.69) is 20.2 Å². The second-order valence-electron chi connectivity index (χ2n) is 5.64. The van der Waals surface area contributed by atoms with Gasteiger partial charge in [0.25, 0.3) is 0 Å². The summed E-state index contributed by atoms with van der Waals surface area (Å²) in [4.78, 5) is 11.1. The Morgan fingerprint density at radius 2 is 1.87 bits per heavy atom. The van der Waals surface area contributed by atoms with Crippen LogP contribution in [-0.2, 0) is 0 Å². The number of hydrogen-bond acceptors (Lipinski definition) is 5. The van der Waals surface area contributed by atoms with Gasteiger partial charge in [0.1, 0.15) is 23.7 Å². The van der Waals surface area contributed by atoms with E-state index >= 15 is 0 Å². The van der Waals surface area contributed by atoms with E-state index in [1.807, 2.05) is 24.3 Å². The van der Waals surface area contributed by atoms with Crippen molar-refractivity contribution >= 4 is 28.9 Å². The molecule has 5 nitrogen and oxygen atoms in total. The molecule has 1 saturated heterocycles. The fourth-order valence-corrected chi connectivity index (χ4v) is 3.04. The Labute approximate surface area is 141 Å². The molecule has 6 heteroatoms. The molecule has 1 aliphatic heterocycles. The zero-order chi connectivity index (χ0) is 16.1. The molecule has 0 radical (unpaired) electrons. The maximum absolute atomic E-state index is 6.16. The third-order valence-electron chi connectivity index (χ3n) is 4.01. The van der Waals surface area contributed by atoms with E-state index in [0.717, 1.165) is 30.4 Å². The summed E-state index contributed by atoms with van der Waals surface area (Å²) in [6, 6.07) is 7.57. The Balaban J connectivity index is 1.75. The van der Waals surface area contributed by atoms with Crippen LogP contribution < -0.4 is 15.0 Å². The molecule has 2 aromatic rings. The summed E-state index contributed by atoms with van der Waals surface area (Å²) in [5.41, 5.74) is 0.872.